The van der Waals surface area contributed by atoms with Crippen LogP contribution in [0.25, 0.3) is 0 Å². The quantitative estimate of drug-likeness (QED) is 0.818. The number of hydrogen-bond donors (Lipinski definition) is 2. The summed E-state index contributed by atoms with van der Waals surface area (Å²) < 4.78 is 0. The molecule has 1 fully saturated rings. The molecule has 2 rings (SSSR count). The van der Waals surface area contributed by atoms with Gasteiger partial charge in [0, 0.05) is 31.7 Å². The summed E-state index contributed by atoms with van der Waals surface area (Å²) in [5.41, 5.74) is 0. The highest BCUT2D eigenvalue weighted by molar-refractivity contribution is 5.48. The molecule has 0 atom stereocenters. The maximum atomic E-state index is 4.35. The molecule has 0 aliphatic carbocycles. The minimum absolute atomic E-state index is 0.654. The van der Waals surface area contributed by atoms with Crippen LogP contribution in [0.15, 0.2) is 12.4 Å². The highest BCUT2D eigenvalue weighted by atomic mass is 15.2. The zero-order chi connectivity index (χ0) is 12.1. The monoisotopic (exact) mass is 235 g/mol. The van der Waals surface area contributed by atoms with Gasteiger partial charge in [0.15, 0.2) is 0 Å². The zero-order valence-corrected chi connectivity index (χ0v) is 10.6. The van der Waals surface area contributed by atoms with E-state index in [2.05, 4.69) is 32.4 Å². The Morgan fingerprint density at radius 2 is 2.12 bits per heavy atom. The molecule has 0 saturated carbocycles. The SMILES string of the molecule is CCNc1cc(N2CCC(NC)CC2)ncn1. The standard InChI is InChI=1S/C12H21N5/c1-3-14-11-8-12(16-9-15-11)17-6-4-10(13-2)5-7-17/h8-10,13H,3-7H2,1-2H3,(H,14,15,16). The first-order valence-electron chi connectivity index (χ1n) is 6.31. The predicted octanol–water partition coefficient (Wildman–Crippen LogP) is 1.10. The molecule has 94 valence electrons. The van der Waals surface area contributed by atoms with Gasteiger partial charge in [0.1, 0.15) is 18.0 Å². The lowest BCUT2D eigenvalue weighted by atomic mass is 10.1. The van der Waals surface area contributed by atoms with Crippen LogP contribution in [0.4, 0.5) is 11.6 Å². The van der Waals surface area contributed by atoms with Gasteiger partial charge in [-0.15, -0.1) is 0 Å². The lowest BCUT2D eigenvalue weighted by Crippen LogP contribution is -2.41. The first-order chi connectivity index (χ1) is 8.33. The van der Waals surface area contributed by atoms with Crippen LogP contribution in [0.3, 0.4) is 0 Å². The fraction of sp³-hybridized carbons (Fsp3) is 0.667. The van der Waals surface area contributed by atoms with Crippen LogP contribution in [0, 0.1) is 0 Å². The first kappa shape index (κ1) is 12.1. The summed E-state index contributed by atoms with van der Waals surface area (Å²) in [5, 5.41) is 6.55. The molecule has 2 N–H and O–H groups in total. The molecule has 0 aromatic carbocycles. The van der Waals surface area contributed by atoms with E-state index in [1.807, 2.05) is 13.1 Å². The first-order valence-corrected chi connectivity index (χ1v) is 6.31. The van der Waals surface area contributed by atoms with Crippen molar-refractivity contribution in [2.75, 3.05) is 36.9 Å². The number of nitrogens with zero attached hydrogens (tertiary/aromatic N) is 3. The van der Waals surface area contributed by atoms with Crippen molar-refractivity contribution in [3.8, 4) is 0 Å². The van der Waals surface area contributed by atoms with E-state index in [9.17, 15) is 0 Å². The third-order valence-corrected chi connectivity index (χ3v) is 3.24. The lowest BCUT2D eigenvalue weighted by molar-refractivity contribution is 0.440. The number of piperidine rings is 1. The summed E-state index contributed by atoms with van der Waals surface area (Å²) in [6.07, 6.45) is 3.99. The number of rotatable bonds is 4. The van der Waals surface area contributed by atoms with E-state index in [0.29, 0.717) is 6.04 Å². The third kappa shape index (κ3) is 3.06. The Hall–Kier alpha value is -1.36. The maximum absolute atomic E-state index is 4.35. The summed E-state index contributed by atoms with van der Waals surface area (Å²) in [6, 6.07) is 2.68. The summed E-state index contributed by atoms with van der Waals surface area (Å²) in [6.45, 7) is 5.08. The van der Waals surface area contributed by atoms with Crippen molar-refractivity contribution in [1.29, 1.82) is 0 Å². The Bertz CT molecular complexity index is 347. The van der Waals surface area contributed by atoms with Crippen LogP contribution in [-0.4, -0.2) is 42.7 Å². The van der Waals surface area contributed by atoms with Gasteiger partial charge in [0.05, 0.1) is 0 Å². The van der Waals surface area contributed by atoms with Crippen molar-refractivity contribution in [3.63, 3.8) is 0 Å². The molecule has 5 nitrogen and oxygen atoms in total. The number of anilines is 2. The van der Waals surface area contributed by atoms with Crippen molar-refractivity contribution in [1.82, 2.24) is 15.3 Å². The highest BCUT2D eigenvalue weighted by Crippen LogP contribution is 2.19. The van der Waals surface area contributed by atoms with Crippen LogP contribution in [0.2, 0.25) is 0 Å². The van der Waals surface area contributed by atoms with Gasteiger partial charge in [-0.1, -0.05) is 0 Å². The second-order valence-electron chi connectivity index (χ2n) is 4.34. The number of nitrogens with one attached hydrogen (secondary N) is 2. The number of aromatic nitrogens is 2. The highest BCUT2D eigenvalue weighted by Gasteiger charge is 2.18. The van der Waals surface area contributed by atoms with Gasteiger partial charge in [-0.2, -0.15) is 0 Å². The molecular formula is C12H21N5. The summed E-state index contributed by atoms with van der Waals surface area (Å²) >= 11 is 0. The molecule has 1 aliphatic heterocycles. The van der Waals surface area contributed by atoms with Gasteiger partial charge in [0.25, 0.3) is 0 Å². The Kier molecular flexibility index (Phi) is 4.14. The number of hydrogen-bond acceptors (Lipinski definition) is 5. The molecular weight excluding hydrogens is 214 g/mol. The van der Waals surface area contributed by atoms with Crippen molar-refractivity contribution in [2.45, 2.75) is 25.8 Å². The van der Waals surface area contributed by atoms with Crippen LogP contribution >= 0.6 is 0 Å². The Labute approximate surface area is 103 Å². The van der Waals surface area contributed by atoms with E-state index in [1.54, 1.807) is 6.33 Å². The molecule has 1 aromatic heterocycles. The normalized spacial score (nSPS) is 17.2. The van der Waals surface area contributed by atoms with Crippen molar-refractivity contribution >= 4 is 11.6 Å². The molecule has 0 unspecified atom stereocenters. The molecule has 2 heterocycles. The van der Waals surface area contributed by atoms with E-state index in [4.69, 9.17) is 0 Å². The molecule has 0 radical (unpaired) electrons. The minimum atomic E-state index is 0.654. The molecule has 1 aliphatic rings. The minimum Gasteiger partial charge on any atom is -0.370 e. The molecule has 5 heteroatoms. The molecule has 1 saturated heterocycles. The molecule has 1 aromatic rings. The van der Waals surface area contributed by atoms with Gasteiger partial charge in [-0.05, 0) is 26.8 Å². The zero-order valence-electron chi connectivity index (χ0n) is 10.6. The van der Waals surface area contributed by atoms with Crippen LogP contribution < -0.4 is 15.5 Å². The van der Waals surface area contributed by atoms with Crippen molar-refractivity contribution < 1.29 is 0 Å². The van der Waals surface area contributed by atoms with Gasteiger partial charge >= 0.3 is 0 Å². The van der Waals surface area contributed by atoms with Gasteiger partial charge < -0.3 is 15.5 Å². The Morgan fingerprint density at radius 1 is 1.35 bits per heavy atom. The molecule has 0 spiro atoms. The van der Waals surface area contributed by atoms with E-state index in [0.717, 1.165) is 31.3 Å². The van der Waals surface area contributed by atoms with E-state index in [-0.39, 0.29) is 0 Å². The summed E-state index contributed by atoms with van der Waals surface area (Å²) in [7, 11) is 2.04. The molecule has 0 bridgehead atoms. The molecule has 0 amide bonds. The van der Waals surface area contributed by atoms with Gasteiger partial charge in [-0.25, -0.2) is 9.97 Å². The van der Waals surface area contributed by atoms with E-state index < -0.39 is 0 Å². The predicted molar refractivity (Wildman–Crippen MR) is 70.5 cm³/mol. The van der Waals surface area contributed by atoms with Crippen molar-refractivity contribution in [2.24, 2.45) is 0 Å². The summed E-state index contributed by atoms with van der Waals surface area (Å²) in [4.78, 5) is 10.9. The molecule has 17 heavy (non-hydrogen) atoms. The average Bonchev–Trinajstić information content (AvgIpc) is 2.40. The second kappa shape index (κ2) is 5.82. The largest absolute Gasteiger partial charge is 0.370 e. The second-order valence-corrected chi connectivity index (χ2v) is 4.34. The topological polar surface area (TPSA) is 53.1 Å². The average molecular weight is 235 g/mol. The maximum Gasteiger partial charge on any atom is 0.134 e. The summed E-state index contributed by atoms with van der Waals surface area (Å²) in [5.74, 6) is 1.94. The van der Waals surface area contributed by atoms with Crippen molar-refractivity contribution in [3.05, 3.63) is 12.4 Å². The smallest absolute Gasteiger partial charge is 0.134 e. The van der Waals surface area contributed by atoms with Crippen LogP contribution in [-0.2, 0) is 0 Å². The van der Waals surface area contributed by atoms with Gasteiger partial charge in [-0.3, -0.25) is 0 Å². The Morgan fingerprint density at radius 3 is 2.76 bits per heavy atom. The lowest BCUT2D eigenvalue weighted by Gasteiger charge is -2.32. The fourth-order valence-corrected chi connectivity index (χ4v) is 2.20. The van der Waals surface area contributed by atoms with E-state index >= 15 is 0 Å². The van der Waals surface area contributed by atoms with E-state index in [1.165, 1.54) is 12.8 Å². The fourth-order valence-electron chi connectivity index (χ4n) is 2.20. The third-order valence-electron chi connectivity index (χ3n) is 3.24. The van der Waals surface area contributed by atoms with Crippen LogP contribution in [0.5, 0.6) is 0 Å². The van der Waals surface area contributed by atoms with Crippen LogP contribution in [0.1, 0.15) is 19.8 Å². The van der Waals surface area contributed by atoms with Gasteiger partial charge in [0.2, 0.25) is 0 Å². The Balaban J connectivity index is 2.00.